The fourth-order valence-corrected chi connectivity index (χ4v) is 11.3. The van der Waals surface area contributed by atoms with Crippen molar-refractivity contribution < 1.29 is 0 Å². The van der Waals surface area contributed by atoms with E-state index < -0.39 is 0 Å². The Morgan fingerprint density at radius 1 is 0.259 bits per heavy atom. The van der Waals surface area contributed by atoms with Gasteiger partial charge in [0.1, 0.15) is 0 Å². The molecule has 0 fully saturated rings. The SMILES string of the molecule is c1ccc(-c2c3ccccc3c(-c3ccc(-c4ccc5sc6cc7c(ccc8sc9ccccc9c87)cc6c5c4)c4ccccc34)c3ccccc23)cc1. The van der Waals surface area contributed by atoms with Gasteiger partial charge in [-0.2, -0.15) is 0 Å². The zero-order chi connectivity index (χ0) is 35.3. The summed E-state index contributed by atoms with van der Waals surface area (Å²) in [5.41, 5.74) is 7.61. The first-order valence-corrected chi connectivity index (χ1v) is 20.1. The summed E-state index contributed by atoms with van der Waals surface area (Å²) < 4.78 is 5.38. The first-order chi connectivity index (χ1) is 26.8. The van der Waals surface area contributed by atoms with Crippen LogP contribution in [0.15, 0.2) is 182 Å². The van der Waals surface area contributed by atoms with Gasteiger partial charge in [-0.05, 0) is 113 Å². The van der Waals surface area contributed by atoms with E-state index in [-0.39, 0.29) is 0 Å². The molecule has 2 heterocycles. The maximum absolute atomic E-state index is 2.44. The monoisotopic (exact) mass is 718 g/mol. The van der Waals surface area contributed by atoms with E-state index >= 15 is 0 Å². The Hall–Kier alpha value is -6.32. The predicted octanol–water partition coefficient (Wildman–Crippen LogP) is 16.0. The van der Waals surface area contributed by atoms with Gasteiger partial charge in [0.25, 0.3) is 0 Å². The zero-order valence-electron chi connectivity index (χ0n) is 29.1. The molecule has 0 atom stereocenters. The average molecular weight is 719 g/mol. The molecule has 12 aromatic rings. The van der Waals surface area contributed by atoms with Crippen LogP contribution in [0.4, 0.5) is 0 Å². The van der Waals surface area contributed by atoms with Crippen molar-refractivity contribution in [1.82, 2.24) is 0 Å². The minimum atomic E-state index is 1.24. The maximum atomic E-state index is 2.44. The lowest BCUT2D eigenvalue weighted by atomic mass is 9.84. The van der Waals surface area contributed by atoms with Crippen LogP contribution in [0.2, 0.25) is 0 Å². The molecule has 0 spiro atoms. The highest BCUT2D eigenvalue weighted by molar-refractivity contribution is 7.26. The first-order valence-electron chi connectivity index (χ1n) is 18.5. The predicted molar refractivity (Wildman–Crippen MR) is 239 cm³/mol. The molecule has 0 radical (unpaired) electrons. The van der Waals surface area contributed by atoms with Crippen molar-refractivity contribution in [1.29, 1.82) is 0 Å². The Bertz CT molecular complexity index is 3430. The van der Waals surface area contributed by atoms with Crippen molar-refractivity contribution in [3.8, 4) is 33.4 Å². The second kappa shape index (κ2) is 11.6. The van der Waals surface area contributed by atoms with Crippen molar-refractivity contribution in [3.63, 3.8) is 0 Å². The van der Waals surface area contributed by atoms with Gasteiger partial charge in [-0.1, -0.05) is 146 Å². The first kappa shape index (κ1) is 30.2. The van der Waals surface area contributed by atoms with E-state index in [1.54, 1.807) is 0 Å². The molecular formula is C52H30S2. The van der Waals surface area contributed by atoms with Gasteiger partial charge in [-0.3, -0.25) is 0 Å². The topological polar surface area (TPSA) is 0 Å². The lowest BCUT2D eigenvalue weighted by Gasteiger charge is -2.19. The highest BCUT2D eigenvalue weighted by Crippen LogP contribution is 2.48. The van der Waals surface area contributed by atoms with E-state index in [4.69, 9.17) is 0 Å². The molecule has 0 saturated carbocycles. The fourth-order valence-electron chi connectivity index (χ4n) is 9.09. The van der Waals surface area contributed by atoms with Crippen LogP contribution in [0.1, 0.15) is 0 Å². The van der Waals surface area contributed by atoms with Gasteiger partial charge in [0, 0.05) is 40.3 Å². The third-order valence-corrected chi connectivity index (χ3v) is 13.7. The van der Waals surface area contributed by atoms with E-state index in [2.05, 4.69) is 182 Å². The van der Waals surface area contributed by atoms with Crippen LogP contribution in [-0.4, -0.2) is 0 Å². The Labute approximate surface area is 319 Å². The van der Waals surface area contributed by atoms with Gasteiger partial charge in [0.15, 0.2) is 0 Å². The van der Waals surface area contributed by atoms with Crippen molar-refractivity contribution >= 4 is 106 Å². The van der Waals surface area contributed by atoms with Crippen molar-refractivity contribution in [2.75, 3.05) is 0 Å². The Kier molecular flexibility index (Phi) is 6.48. The largest absolute Gasteiger partial charge is 0.135 e. The molecule has 0 unspecified atom stereocenters. The Morgan fingerprint density at radius 2 is 0.796 bits per heavy atom. The summed E-state index contributed by atoms with van der Waals surface area (Å²) in [4.78, 5) is 0. The summed E-state index contributed by atoms with van der Waals surface area (Å²) in [5.74, 6) is 0. The van der Waals surface area contributed by atoms with Gasteiger partial charge >= 0.3 is 0 Å². The molecule has 2 heteroatoms. The van der Waals surface area contributed by atoms with Crippen molar-refractivity contribution in [3.05, 3.63) is 182 Å². The highest BCUT2D eigenvalue weighted by atomic mass is 32.1. The smallest absolute Gasteiger partial charge is 0.0362 e. The molecule has 54 heavy (non-hydrogen) atoms. The number of hydrogen-bond donors (Lipinski definition) is 0. The number of thiophene rings is 2. The summed E-state index contributed by atoms with van der Waals surface area (Å²) >= 11 is 3.80. The maximum Gasteiger partial charge on any atom is 0.0362 e. The molecular weight excluding hydrogens is 689 g/mol. The minimum Gasteiger partial charge on any atom is -0.135 e. The fraction of sp³-hybridized carbons (Fsp3) is 0. The van der Waals surface area contributed by atoms with E-state index in [1.165, 1.54) is 117 Å². The van der Waals surface area contributed by atoms with E-state index in [0.717, 1.165) is 0 Å². The molecule has 12 rings (SSSR count). The molecule has 0 aliphatic carbocycles. The molecule has 0 saturated heterocycles. The lowest BCUT2D eigenvalue weighted by molar-refractivity contribution is 1.66. The van der Waals surface area contributed by atoms with E-state index in [9.17, 15) is 0 Å². The summed E-state index contributed by atoms with van der Waals surface area (Å²) in [5, 5.41) is 15.7. The normalized spacial score (nSPS) is 12.1. The number of hydrogen-bond acceptors (Lipinski definition) is 2. The summed E-state index contributed by atoms with van der Waals surface area (Å²) in [6, 6.07) is 67.8. The van der Waals surface area contributed by atoms with Crippen LogP contribution in [0.3, 0.4) is 0 Å². The highest BCUT2D eigenvalue weighted by Gasteiger charge is 2.19. The third kappa shape index (κ3) is 4.36. The Balaban J connectivity index is 1.07. The number of fused-ring (bicyclic) bond motifs is 11. The van der Waals surface area contributed by atoms with Gasteiger partial charge < -0.3 is 0 Å². The van der Waals surface area contributed by atoms with Crippen molar-refractivity contribution in [2.45, 2.75) is 0 Å². The second-order valence-electron chi connectivity index (χ2n) is 14.3. The molecule has 0 aliphatic rings. The Morgan fingerprint density at radius 3 is 1.54 bits per heavy atom. The molecule has 0 amide bonds. The molecule has 10 aromatic carbocycles. The van der Waals surface area contributed by atoms with Gasteiger partial charge in [0.05, 0.1) is 0 Å². The number of benzene rings is 10. The van der Waals surface area contributed by atoms with Crippen molar-refractivity contribution in [2.24, 2.45) is 0 Å². The molecule has 0 nitrogen and oxygen atoms in total. The van der Waals surface area contributed by atoms with E-state index in [0.29, 0.717) is 0 Å². The molecule has 0 bridgehead atoms. The minimum absolute atomic E-state index is 1.24. The quantitative estimate of drug-likeness (QED) is 0.160. The molecule has 0 N–H and O–H groups in total. The van der Waals surface area contributed by atoms with E-state index in [1.807, 2.05) is 22.7 Å². The van der Waals surface area contributed by atoms with Crippen LogP contribution in [0.5, 0.6) is 0 Å². The second-order valence-corrected chi connectivity index (χ2v) is 16.5. The molecule has 2 aromatic heterocycles. The standard InChI is InChI=1S/C52H30S2/c1-2-12-31(13-3-1)50-37-16-6-8-18-39(37)51(40-19-9-7-17-38(40)50)41-25-24-34(35-14-4-5-15-36(35)41)32-22-26-47-44(28-32)45-29-33-23-27-48-52(43(33)30-49(45)54-47)42-20-10-11-21-46(42)53-48/h1-30H. The van der Waals surface area contributed by atoms with Crippen LogP contribution < -0.4 is 0 Å². The molecule has 0 aliphatic heterocycles. The van der Waals surface area contributed by atoms with Gasteiger partial charge in [0.2, 0.25) is 0 Å². The zero-order valence-corrected chi connectivity index (χ0v) is 30.8. The third-order valence-electron chi connectivity index (χ3n) is 11.4. The summed E-state index contributed by atoms with van der Waals surface area (Å²) in [7, 11) is 0. The molecule has 250 valence electrons. The van der Waals surface area contributed by atoms with Gasteiger partial charge in [-0.25, -0.2) is 0 Å². The van der Waals surface area contributed by atoms with Gasteiger partial charge in [-0.15, -0.1) is 22.7 Å². The van der Waals surface area contributed by atoms with Crippen LogP contribution in [0, 0.1) is 0 Å². The average Bonchev–Trinajstić information content (AvgIpc) is 3.80. The van der Waals surface area contributed by atoms with Crippen LogP contribution in [0.25, 0.3) is 117 Å². The summed E-state index contributed by atoms with van der Waals surface area (Å²) in [6.07, 6.45) is 0. The lowest BCUT2D eigenvalue weighted by Crippen LogP contribution is -1.92. The summed E-state index contributed by atoms with van der Waals surface area (Å²) in [6.45, 7) is 0. The van der Waals surface area contributed by atoms with Crippen LogP contribution >= 0.6 is 22.7 Å². The van der Waals surface area contributed by atoms with Crippen LogP contribution in [-0.2, 0) is 0 Å². The number of rotatable bonds is 3.